The maximum absolute atomic E-state index is 12.4. The monoisotopic (exact) mass is 331 g/mol. The van der Waals surface area contributed by atoms with E-state index in [4.69, 9.17) is 9.59 Å². The summed E-state index contributed by atoms with van der Waals surface area (Å²) < 4.78 is 0. The molecule has 1 aromatic carbocycles. The molecule has 2 heterocycles. The number of carbonyl (C=O) groups excluding carboxylic acids is 3. The van der Waals surface area contributed by atoms with Gasteiger partial charge in [0.1, 0.15) is 0 Å². The average molecular weight is 331 g/mol. The van der Waals surface area contributed by atoms with E-state index in [1.165, 1.54) is 16.9 Å². The van der Waals surface area contributed by atoms with Gasteiger partial charge in [0, 0.05) is 25.0 Å². The van der Waals surface area contributed by atoms with E-state index in [-0.39, 0.29) is 12.2 Å². The molecule has 0 atom stereocenters. The number of urea groups is 1. The highest BCUT2D eigenvalue weighted by atomic mass is 32.1. The summed E-state index contributed by atoms with van der Waals surface area (Å²) in [7, 11) is 0. The van der Waals surface area contributed by atoms with Crippen molar-refractivity contribution in [3.05, 3.63) is 47.0 Å². The SMILES string of the molecule is Cc1csc(N2CCN(CCc3ccccc3)C2=O)n1.O=C=O. The van der Waals surface area contributed by atoms with Crippen molar-refractivity contribution in [1.29, 1.82) is 0 Å². The van der Waals surface area contributed by atoms with Crippen LogP contribution in [0.1, 0.15) is 11.3 Å². The lowest BCUT2D eigenvalue weighted by Crippen LogP contribution is -2.33. The quantitative estimate of drug-likeness (QED) is 0.862. The van der Waals surface area contributed by atoms with Crippen LogP contribution in [0.15, 0.2) is 35.7 Å². The van der Waals surface area contributed by atoms with Gasteiger partial charge in [0.15, 0.2) is 5.13 Å². The van der Waals surface area contributed by atoms with Gasteiger partial charge in [-0.3, -0.25) is 4.90 Å². The van der Waals surface area contributed by atoms with Crippen molar-refractivity contribution in [2.45, 2.75) is 13.3 Å². The second kappa shape index (κ2) is 8.22. The molecule has 23 heavy (non-hydrogen) atoms. The van der Waals surface area contributed by atoms with E-state index in [1.54, 1.807) is 4.90 Å². The van der Waals surface area contributed by atoms with Gasteiger partial charge in [0.2, 0.25) is 0 Å². The van der Waals surface area contributed by atoms with Crippen LogP contribution in [-0.4, -0.2) is 41.7 Å². The number of benzene rings is 1. The summed E-state index contributed by atoms with van der Waals surface area (Å²) in [6.07, 6.45) is 1.15. The van der Waals surface area contributed by atoms with Gasteiger partial charge in [0.25, 0.3) is 0 Å². The lowest BCUT2D eigenvalue weighted by molar-refractivity contribution is -0.191. The number of anilines is 1. The molecule has 0 aliphatic carbocycles. The average Bonchev–Trinajstić information content (AvgIpc) is 3.13. The maximum atomic E-state index is 12.4. The number of aromatic nitrogens is 1. The van der Waals surface area contributed by atoms with Gasteiger partial charge in [-0.25, -0.2) is 9.78 Å². The molecule has 1 saturated heterocycles. The fourth-order valence-corrected chi connectivity index (χ4v) is 3.16. The standard InChI is InChI=1S/C15H17N3OS.CO2/c1-12-11-20-14(16-12)18-10-9-17(15(18)19)8-7-13-5-3-2-4-6-13;2-1-3/h2-6,11H,7-10H2,1H3;. The van der Waals surface area contributed by atoms with Gasteiger partial charge in [-0.15, -0.1) is 11.3 Å². The summed E-state index contributed by atoms with van der Waals surface area (Å²) in [6, 6.07) is 10.4. The zero-order valence-electron chi connectivity index (χ0n) is 12.8. The van der Waals surface area contributed by atoms with Gasteiger partial charge < -0.3 is 4.90 Å². The molecule has 1 aliphatic heterocycles. The third-order valence-electron chi connectivity index (χ3n) is 3.45. The topological polar surface area (TPSA) is 70.6 Å². The fraction of sp³-hybridized carbons (Fsp3) is 0.312. The van der Waals surface area contributed by atoms with E-state index in [0.29, 0.717) is 0 Å². The number of nitrogens with zero attached hydrogens (tertiary/aromatic N) is 3. The minimum absolute atomic E-state index is 0.0790. The van der Waals surface area contributed by atoms with E-state index in [0.717, 1.165) is 36.9 Å². The van der Waals surface area contributed by atoms with Crippen LogP contribution in [0.25, 0.3) is 0 Å². The van der Waals surface area contributed by atoms with Gasteiger partial charge in [-0.2, -0.15) is 9.59 Å². The first kappa shape index (κ1) is 16.9. The summed E-state index contributed by atoms with van der Waals surface area (Å²) in [6.45, 7) is 4.24. The Bertz CT molecular complexity index is 681. The first-order chi connectivity index (χ1) is 11.2. The molecule has 2 amide bonds. The summed E-state index contributed by atoms with van der Waals surface area (Å²) in [5, 5.41) is 2.80. The lowest BCUT2D eigenvalue weighted by Gasteiger charge is -2.16. The van der Waals surface area contributed by atoms with Crippen molar-refractivity contribution in [1.82, 2.24) is 9.88 Å². The molecule has 6 nitrogen and oxygen atoms in total. The number of aryl methyl sites for hydroxylation is 1. The van der Waals surface area contributed by atoms with Crippen LogP contribution < -0.4 is 4.90 Å². The van der Waals surface area contributed by atoms with Crippen molar-refractivity contribution >= 4 is 28.7 Å². The maximum Gasteiger partial charge on any atom is 0.373 e. The van der Waals surface area contributed by atoms with Gasteiger partial charge in [-0.05, 0) is 18.9 Å². The molecule has 0 saturated carbocycles. The highest BCUT2D eigenvalue weighted by Gasteiger charge is 2.30. The minimum atomic E-state index is 0.0790. The number of thiazole rings is 1. The van der Waals surface area contributed by atoms with Crippen molar-refractivity contribution < 1.29 is 14.4 Å². The van der Waals surface area contributed by atoms with E-state index in [2.05, 4.69) is 17.1 Å². The van der Waals surface area contributed by atoms with E-state index < -0.39 is 0 Å². The number of rotatable bonds is 4. The number of hydrogen-bond acceptors (Lipinski definition) is 5. The molecule has 0 bridgehead atoms. The molecule has 1 aliphatic rings. The van der Waals surface area contributed by atoms with E-state index in [1.807, 2.05) is 35.4 Å². The molecule has 1 aromatic heterocycles. The molecule has 120 valence electrons. The summed E-state index contributed by atoms with van der Waals surface area (Å²) in [5.41, 5.74) is 2.24. The Labute approximate surface area is 138 Å². The Morgan fingerprint density at radius 2 is 1.91 bits per heavy atom. The van der Waals surface area contributed by atoms with Crippen LogP contribution in [0, 0.1) is 6.92 Å². The predicted octanol–water partition coefficient (Wildman–Crippen LogP) is 2.35. The van der Waals surface area contributed by atoms with Crippen LogP contribution in [-0.2, 0) is 16.0 Å². The molecule has 3 rings (SSSR count). The molecule has 7 heteroatoms. The van der Waals surface area contributed by atoms with E-state index >= 15 is 0 Å². The summed E-state index contributed by atoms with van der Waals surface area (Å²) >= 11 is 1.53. The zero-order valence-corrected chi connectivity index (χ0v) is 13.6. The largest absolute Gasteiger partial charge is 0.373 e. The van der Waals surface area contributed by atoms with Crippen LogP contribution in [0.5, 0.6) is 0 Å². The normalized spacial score (nSPS) is 13.5. The minimum Gasteiger partial charge on any atom is -0.322 e. The molecule has 0 N–H and O–H groups in total. The molecule has 0 spiro atoms. The molecule has 1 fully saturated rings. The molecular weight excluding hydrogens is 314 g/mol. The number of hydrogen-bond donors (Lipinski definition) is 0. The van der Waals surface area contributed by atoms with Gasteiger partial charge in [0.05, 0.1) is 5.69 Å². The zero-order chi connectivity index (χ0) is 16.7. The van der Waals surface area contributed by atoms with Crippen molar-refractivity contribution in [3.8, 4) is 0 Å². The predicted molar refractivity (Wildman–Crippen MR) is 86.3 cm³/mol. The third kappa shape index (κ3) is 4.48. The van der Waals surface area contributed by atoms with Crippen LogP contribution >= 0.6 is 11.3 Å². The van der Waals surface area contributed by atoms with Crippen LogP contribution in [0.2, 0.25) is 0 Å². The molecule has 0 radical (unpaired) electrons. The van der Waals surface area contributed by atoms with Crippen molar-refractivity contribution in [2.24, 2.45) is 0 Å². The second-order valence-corrected chi connectivity index (χ2v) is 5.85. The Hall–Kier alpha value is -2.50. The van der Waals surface area contributed by atoms with Crippen LogP contribution in [0.3, 0.4) is 0 Å². The summed E-state index contributed by atoms with van der Waals surface area (Å²) in [5.74, 6) is 0. The van der Waals surface area contributed by atoms with E-state index in [9.17, 15) is 4.79 Å². The van der Waals surface area contributed by atoms with Crippen molar-refractivity contribution in [2.75, 3.05) is 24.5 Å². The second-order valence-electron chi connectivity index (χ2n) is 5.01. The summed E-state index contributed by atoms with van der Waals surface area (Å²) in [4.78, 5) is 36.7. The highest BCUT2D eigenvalue weighted by Crippen LogP contribution is 2.24. The highest BCUT2D eigenvalue weighted by molar-refractivity contribution is 7.14. The molecule has 0 unspecified atom stereocenters. The van der Waals surface area contributed by atoms with Gasteiger partial charge >= 0.3 is 12.2 Å². The Balaban J connectivity index is 0.000000595. The van der Waals surface area contributed by atoms with Crippen LogP contribution in [0.4, 0.5) is 9.93 Å². The Morgan fingerprint density at radius 1 is 1.22 bits per heavy atom. The number of amides is 2. The Morgan fingerprint density at radius 3 is 2.52 bits per heavy atom. The molecule has 2 aromatic rings. The fourth-order valence-electron chi connectivity index (χ4n) is 2.34. The number of carbonyl (C=O) groups is 1. The molecular formula is C16H17N3O3S. The first-order valence-corrected chi connectivity index (χ1v) is 8.05. The Kier molecular flexibility index (Phi) is 6.02. The third-order valence-corrected chi connectivity index (χ3v) is 4.43. The van der Waals surface area contributed by atoms with Gasteiger partial charge in [-0.1, -0.05) is 30.3 Å². The lowest BCUT2D eigenvalue weighted by atomic mass is 10.1. The first-order valence-electron chi connectivity index (χ1n) is 7.17. The smallest absolute Gasteiger partial charge is 0.322 e. The van der Waals surface area contributed by atoms with Crippen molar-refractivity contribution in [3.63, 3.8) is 0 Å².